The molecule has 2 heterocycles. The average molecular weight is 239 g/mol. The van der Waals surface area contributed by atoms with Gasteiger partial charge in [0.05, 0.1) is 6.67 Å². The SMILES string of the molecule is FCCCSc1nnc(-c2ccncc2)o1. The van der Waals surface area contributed by atoms with E-state index in [1.807, 2.05) is 0 Å². The molecule has 0 saturated carbocycles. The van der Waals surface area contributed by atoms with E-state index in [1.165, 1.54) is 11.8 Å². The smallest absolute Gasteiger partial charge is 0.276 e. The highest BCUT2D eigenvalue weighted by Crippen LogP contribution is 2.22. The highest BCUT2D eigenvalue weighted by Gasteiger charge is 2.07. The van der Waals surface area contributed by atoms with Crippen LogP contribution in [-0.2, 0) is 0 Å². The lowest BCUT2D eigenvalue weighted by Crippen LogP contribution is -1.81. The summed E-state index contributed by atoms with van der Waals surface area (Å²) in [7, 11) is 0. The van der Waals surface area contributed by atoms with Crippen LogP contribution in [0.5, 0.6) is 0 Å². The summed E-state index contributed by atoms with van der Waals surface area (Å²) < 4.78 is 17.3. The number of alkyl halides is 1. The van der Waals surface area contributed by atoms with E-state index in [2.05, 4.69) is 15.2 Å². The van der Waals surface area contributed by atoms with Crippen LogP contribution in [0, 0.1) is 0 Å². The van der Waals surface area contributed by atoms with Crippen LogP contribution in [0.3, 0.4) is 0 Å². The third-order valence-electron chi connectivity index (χ3n) is 1.84. The molecule has 0 bridgehead atoms. The minimum absolute atomic E-state index is 0.321. The summed E-state index contributed by atoms with van der Waals surface area (Å²) in [4.78, 5) is 3.90. The molecule has 0 aromatic carbocycles. The molecule has 2 rings (SSSR count). The molecule has 0 spiro atoms. The number of nitrogens with zero attached hydrogens (tertiary/aromatic N) is 3. The van der Waals surface area contributed by atoms with Crippen molar-refractivity contribution in [1.82, 2.24) is 15.2 Å². The second-order valence-electron chi connectivity index (χ2n) is 3.00. The van der Waals surface area contributed by atoms with Crippen molar-refractivity contribution in [1.29, 1.82) is 0 Å². The largest absolute Gasteiger partial charge is 0.411 e. The van der Waals surface area contributed by atoms with Gasteiger partial charge in [-0.05, 0) is 18.6 Å². The van der Waals surface area contributed by atoms with Gasteiger partial charge < -0.3 is 4.42 Å². The summed E-state index contributed by atoms with van der Waals surface area (Å²) in [5, 5.41) is 8.25. The highest BCUT2D eigenvalue weighted by atomic mass is 32.2. The van der Waals surface area contributed by atoms with Gasteiger partial charge in [0, 0.05) is 23.7 Å². The van der Waals surface area contributed by atoms with Crippen molar-refractivity contribution < 1.29 is 8.81 Å². The fourth-order valence-electron chi connectivity index (χ4n) is 1.09. The van der Waals surface area contributed by atoms with Gasteiger partial charge in [-0.2, -0.15) is 0 Å². The van der Waals surface area contributed by atoms with E-state index >= 15 is 0 Å². The van der Waals surface area contributed by atoms with E-state index in [-0.39, 0.29) is 6.67 Å². The molecule has 0 radical (unpaired) electrons. The number of hydrogen-bond acceptors (Lipinski definition) is 5. The number of rotatable bonds is 5. The average Bonchev–Trinajstić information content (AvgIpc) is 2.79. The standard InChI is InChI=1S/C10H10FN3OS/c11-4-1-7-16-10-14-13-9(15-10)8-2-5-12-6-3-8/h2-3,5-6H,1,4,7H2. The monoisotopic (exact) mass is 239 g/mol. The van der Waals surface area contributed by atoms with E-state index in [9.17, 15) is 4.39 Å². The molecule has 6 heteroatoms. The quantitative estimate of drug-likeness (QED) is 0.593. The summed E-state index contributed by atoms with van der Waals surface area (Å²) in [5.74, 6) is 1.11. The zero-order valence-corrected chi connectivity index (χ0v) is 9.28. The Morgan fingerprint density at radius 1 is 1.25 bits per heavy atom. The van der Waals surface area contributed by atoms with Crippen LogP contribution in [0.25, 0.3) is 11.5 Å². The van der Waals surface area contributed by atoms with Crippen molar-refractivity contribution in [3.05, 3.63) is 24.5 Å². The van der Waals surface area contributed by atoms with Gasteiger partial charge in [-0.25, -0.2) is 0 Å². The maximum atomic E-state index is 11.9. The Morgan fingerprint density at radius 3 is 2.81 bits per heavy atom. The zero-order chi connectivity index (χ0) is 11.2. The summed E-state index contributed by atoms with van der Waals surface area (Å²) in [5.41, 5.74) is 0.833. The van der Waals surface area contributed by atoms with Crippen LogP contribution in [-0.4, -0.2) is 27.6 Å². The number of hydrogen-bond donors (Lipinski definition) is 0. The third kappa shape index (κ3) is 2.79. The Balaban J connectivity index is 2.02. The van der Waals surface area contributed by atoms with E-state index < -0.39 is 0 Å². The van der Waals surface area contributed by atoms with Gasteiger partial charge in [0.15, 0.2) is 0 Å². The van der Waals surface area contributed by atoms with Gasteiger partial charge in [0.2, 0.25) is 5.89 Å². The first-order valence-electron chi connectivity index (χ1n) is 4.83. The van der Waals surface area contributed by atoms with Crippen molar-refractivity contribution in [3.8, 4) is 11.5 Å². The zero-order valence-electron chi connectivity index (χ0n) is 8.47. The Morgan fingerprint density at radius 2 is 2.06 bits per heavy atom. The summed E-state index contributed by atoms with van der Waals surface area (Å²) in [6.07, 6.45) is 3.82. The predicted molar refractivity (Wildman–Crippen MR) is 58.8 cm³/mol. The number of halogens is 1. The van der Waals surface area contributed by atoms with Crippen molar-refractivity contribution >= 4 is 11.8 Å². The van der Waals surface area contributed by atoms with E-state index in [1.54, 1.807) is 24.5 Å². The van der Waals surface area contributed by atoms with Gasteiger partial charge in [0.25, 0.3) is 5.22 Å². The first kappa shape index (κ1) is 11.1. The fraction of sp³-hybridized carbons (Fsp3) is 0.300. The maximum Gasteiger partial charge on any atom is 0.276 e. The molecule has 0 N–H and O–H groups in total. The summed E-state index contributed by atoms with van der Waals surface area (Å²) in [6.45, 7) is -0.321. The molecule has 0 aliphatic carbocycles. The highest BCUT2D eigenvalue weighted by molar-refractivity contribution is 7.99. The molecular formula is C10H10FN3OS. The van der Waals surface area contributed by atoms with Crippen LogP contribution in [0.2, 0.25) is 0 Å². The van der Waals surface area contributed by atoms with Gasteiger partial charge in [-0.3, -0.25) is 9.37 Å². The third-order valence-corrected chi connectivity index (χ3v) is 2.74. The molecule has 84 valence electrons. The van der Waals surface area contributed by atoms with Crippen LogP contribution in [0.4, 0.5) is 4.39 Å². The normalized spacial score (nSPS) is 10.6. The lowest BCUT2D eigenvalue weighted by atomic mass is 10.3. The molecule has 2 aromatic heterocycles. The second-order valence-corrected chi connectivity index (χ2v) is 4.05. The second kappa shape index (κ2) is 5.60. The predicted octanol–water partition coefficient (Wildman–Crippen LogP) is 2.58. The minimum Gasteiger partial charge on any atom is -0.411 e. The molecule has 4 nitrogen and oxygen atoms in total. The van der Waals surface area contributed by atoms with Gasteiger partial charge in [-0.15, -0.1) is 10.2 Å². The summed E-state index contributed by atoms with van der Waals surface area (Å²) in [6, 6.07) is 3.59. The molecular weight excluding hydrogens is 229 g/mol. The maximum absolute atomic E-state index is 11.9. The van der Waals surface area contributed by atoms with E-state index in [0.717, 1.165) is 5.56 Å². The Bertz CT molecular complexity index is 435. The van der Waals surface area contributed by atoms with Crippen molar-refractivity contribution in [2.45, 2.75) is 11.6 Å². The molecule has 0 atom stereocenters. The van der Waals surface area contributed by atoms with E-state index in [0.29, 0.717) is 23.3 Å². The van der Waals surface area contributed by atoms with Crippen molar-refractivity contribution in [2.75, 3.05) is 12.4 Å². The Labute approximate surface area is 96.3 Å². The molecule has 0 aliphatic rings. The van der Waals surface area contributed by atoms with Gasteiger partial charge in [-0.1, -0.05) is 11.8 Å². The lowest BCUT2D eigenvalue weighted by molar-refractivity contribution is 0.463. The number of pyridine rings is 1. The molecule has 0 saturated heterocycles. The fourth-order valence-corrected chi connectivity index (χ4v) is 1.76. The topological polar surface area (TPSA) is 51.8 Å². The Kier molecular flexibility index (Phi) is 3.87. The first-order valence-corrected chi connectivity index (χ1v) is 5.81. The lowest BCUT2D eigenvalue weighted by Gasteiger charge is -1.92. The molecule has 0 amide bonds. The van der Waals surface area contributed by atoms with Crippen molar-refractivity contribution in [2.24, 2.45) is 0 Å². The number of aromatic nitrogens is 3. The van der Waals surface area contributed by atoms with Crippen LogP contribution in [0.1, 0.15) is 6.42 Å². The van der Waals surface area contributed by atoms with Gasteiger partial charge in [0.1, 0.15) is 0 Å². The molecule has 16 heavy (non-hydrogen) atoms. The van der Waals surface area contributed by atoms with Crippen LogP contribution in [0.15, 0.2) is 34.2 Å². The van der Waals surface area contributed by atoms with Crippen molar-refractivity contribution in [3.63, 3.8) is 0 Å². The van der Waals surface area contributed by atoms with Gasteiger partial charge >= 0.3 is 0 Å². The first-order chi connectivity index (χ1) is 7.90. The minimum atomic E-state index is -0.321. The molecule has 0 unspecified atom stereocenters. The van der Waals surface area contributed by atoms with E-state index in [4.69, 9.17) is 4.42 Å². The molecule has 0 fully saturated rings. The van der Waals surface area contributed by atoms with Crippen LogP contribution >= 0.6 is 11.8 Å². The Hall–Kier alpha value is -1.43. The van der Waals surface area contributed by atoms with Crippen LogP contribution < -0.4 is 0 Å². The summed E-state index contributed by atoms with van der Waals surface area (Å²) >= 11 is 1.36. The molecule has 2 aromatic rings. The number of thioether (sulfide) groups is 1. The molecule has 0 aliphatic heterocycles.